The van der Waals surface area contributed by atoms with Gasteiger partial charge in [0, 0.05) is 18.2 Å². The summed E-state index contributed by atoms with van der Waals surface area (Å²) in [6, 6.07) is 0.656. The standard InChI is InChI=1S/C10H13F3N4O.ClH/c11-10(12,13)8-4-7(16-17-8)9(18)15-6-2-1-5(14)3-6;/h4-6H,1-3,14H2,(H,15,18)(H,16,17);1H/t5-,6-;/m1./s1. The molecule has 1 amide bonds. The van der Waals surface area contributed by atoms with Crippen molar-refractivity contribution in [2.24, 2.45) is 5.73 Å². The van der Waals surface area contributed by atoms with Crippen LogP contribution in [0.5, 0.6) is 0 Å². The molecule has 108 valence electrons. The van der Waals surface area contributed by atoms with Gasteiger partial charge in [-0.25, -0.2) is 0 Å². The number of aromatic amines is 1. The lowest BCUT2D eigenvalue weighted by Crippen LogP contribution is -2.34. The molecule has 0 unspecified atom stereocenters. The molecule has 5 nitrogen and oxygen atoms in total. The minimum Gasteiger partial charge on any atom is -0.348 e. The molecule has 0 aliphatic heterocycles. The van der Waals surface area contributed by atoms with Crippen molar-refractivity contribution in [3.8, 4) is 0 Å². The lowest BCUT2D eigenvalue weighted by Gasteiger charge is -2.10. The highest BCUT2D eigenvalue weighted by Gasteiger charge is 2.34. The number of rotatable bonds is 2. The maximum absolute atomic E-state index is 12.3. The minimum absolute atomic E-state index is 0. The van der Waals surface area contributed by atoms with Crippen molar-refractivity contribution in [1.82, 2.24) is 15.5 Å². The zero-order valence-electron chi connectivity index (χ0n) is 9.83. The van der Waals surface area contributed by atoms with Gasteiger partial charge >= 0.3 is 6.18 Å². The van der Waals surface area contributed by atoms with Gasteiger partial charge in [0.25, 0.3) is 5.91 Å². The number of carbonyl (C=O) groups excluding carboxylic acids is 1. The first-order valence-electron chi connectivity index (χ1n) is 5.55. The largest absolute Gasteiger partial charge is 0.432 e. The highest BCUT2D eigenvalue weighted by molar-refractivity contribution is 5.92. The number of nitrogens with two attached hydrogens (primary N) is 1. The smallest absolute Gasteiger partial charge is 0.348 e. The van der Waals surface area contributed by atoms with E-state index in [1.807, 2.05) is 0 Å². The monoisotopic (exact) mass is 298 g/mol. The average molecular weight is 299 g/mol. The van der Waals surface area contributed by atoms with Crippen LogP contribution in [-0.4, -0.2) is 28.2 Å². The number of nitrogens with zero attached hydrogens (tertiary/aromatic N) is 1. The molecule has 1 fully saturated rings. The maximum atomic E-state index is 12.3. The lowest BCUT2D eigenvalue weighted by atomic mass is 10.2. The van der Waals surface area contributed by atoms with E-state index >= 15 is 0 Å². The van der Waals surface area contributed by atoms with Gasteiger partial charge in [0.2, 0.25) is 0 Å². The third-order valence-corrected chi connectivity index (χ3v) is 2.92. The van der Waals surface area contributed by atoms with Crippen molar-refractivity contribution in [2.75, 3.05) is 0 Å². The predicted octanol–water partition coefficient (Wildman–Crippen LogP) is 1.46. The third kappa shape index (κ3) is 3.84. The number of halogens is 4. The number of nitrogens with one attached hydrogen (secondary N) is 2. The van der Waals surface area contributed by atoms with Gasteiger partial charge in [-0.1, -0.05) is 0 Å². The Kier molecular flexibility index (Phi) is 4.81. The molecule has 4 N–H and O–H groups in total. The summed E-state index contributed by atoms with van der Waals surface area (Å²) in [6.45, 7) is 0. The number of carbonyl (C=O) groups is 1. The van der Waals surface area contributed by atoms with Crippen LogP contribution in [-0.2, 0) is 6.18 Å². The Labute approximate surface area is 113 Å². The molecule has 1 heterocycles. The van der Waals surface area contributed by atoms with E-state index in [0.717, 1.165) is 12.8 Å². The molecule has 0 spiro atoms. The van der Waals surface area contributed by atoms with Gasteiger partial charge in [-0.05, 0) is 19.3 Å². The van der Waals surface area contributed by atoms with Crippen molar-refractivity contribution in [2.45, 2.75) is 37.5 Å². The first-order chi connectivity index (χ1) is 8.36. The van der Waals surface area contributed by atoms with Crippen LogP contribution < -0.4 is 11.1 Å². The van der Waals surface area contributed by atoms with Gasteiger partial charge in [-0.15, -0.1) is 12.4 Å². The third-order valence-electron chi connectivity index (χ3n) is 2.92. The van der Waals surface area contributed by atoms with Crippen LogP contribution >= 0.6 is 12.4 Å². The Morgan fingerprint density at radius 3 is 2.63 bits per heavy atom. The number of H-pyrrole nitrogens is 1. The quantitative estimate of drug-likeness (QED) is 0.773. The number of amides is 1. The van der Waals surface area contributed by atoms with Crippen molar-refractivity contribution >= 4 is 18.3 Å². The molecule has 0 saturated heterocycles. The van der Waals surface area contributed by atoms with E-state index in [1.54, 1.807) is 5.10 Å². The van der Waals surface area contributed by atoms with Crippen LogP contribution in [0.3, 0.4) is 0 Å². The predicted molar refractivity (Wildman–Crippen MR) is 63.9 cm³/mol. The van der Waals surface area contributed by atoms with Crippen LogP contribution in [0.25, 0.3) is 0 Å². The van der Waals surface area contributed by atoms with E-state index in [9.17, 15) is 18.0 Å². The molecule has 2 atom stereocenters. The van der Waals surface area contributed by atoms with Crippen molar-refractivity contribution in [3.63, 3.8) is 0 Å². The molecule has 1 aliphatic rings. The summed E-state index contributed by atoms with van der Waals surface area (Å²) in [6.07, 6.45) is -2.34. The molecule has 0 aromatic carbocycles. The van der Waals surface area contributed by atoms with E-state index in [-0.39, 0.29) is 30.2 Å². The van der Waals surface area contributed by atoms with E-state index in [1.165, 1.54) is 0 Å². The van der Waals surface area contributed by atoms with Crippen LogP contribution in [0.1, 0.15) is 35.4 Å². The fourth-order valence-corrected chi connectivity index (χ4v) is 1.99. The second-order valence-electron chi connectivity index (χ2n) is 4.41. The first kappa shape index (κ1) is 15.8. The van der Waals surface area contributed by atoms with Crippen LogP contribution in [0.15, 0.2) is 6.07 Å². The molecular formula is C10H14ClF3N4O. The van der Waals surface area contributed by atoms with E-state index in [0.29, 0.717) is 12.5 Å². The Balaban J connectivity index is 0.00000180. The highest BCUT2D eigenvalue weighted by Crippen LogP contribution is 2.27. The van der Waals surface area contributed by atoms with Gasteiger partial charge in [0.05, 0.1) is 0 Å². The van der Waals surface area contributed by atoms with Gasteiger partial charge in [-0.3, -0.25) is 9.89 Å². The molecule has 1 aromatic rings. The van der Waals surface area contributed by atoms with Crippen LogP contribution in [0.4, 0.5) is 13.2 Å². The van der Waals surface area contributed by atoms with Crippen LogP contribution in [0, 0.1) is 0 Å². The molecule has 0 bridgehead atoms. The Morgan fingerprint density at radius 1 is 1.47 bits per heavy atom. The minimum atomic E-state index is -4.53. The van der Waals surface area contributed by atoms with Crippen LogP contribution in [0.2, 0.25) is 0 Å². The maximum Gasteiger partial charge on any atom is 0.432 e. The second kappa shape index (κ2) is 5.79. The first-order valence-corrected chi connectivity index (χ1v) is 5.55. The molecule has 1 saturated carbocycles. The number of hydrogen-bond donors (Lipinski definition) is 3. The summed E-state index contributed by atoms with van der Waals surface area (Å²) in [5, 5.41) is 7.78. The molecule has 1 aliphatic carbocycles. The van der Waals surface area contributed by atoms with Gasteiger partial charge in [-0.2, -0.15) is 18.3 Å². The van der Waals surface area contributed by atoms with Crippen molar-refractivity contribution in [1.29, 1.82) is 0 Å². The zero-order valence-corrected chi connectivity index (χ0v) is 10.6. The van der Waals surface area contributed by atoms with Crippen molar-refractivity contribution in [3.05, 3.63) is 17.5 Å². The Hall–Kier alpha value is -1.28. The fraction of sp³-hybridized carbons (Fsp3) is 0.600. The van der Waals surface area contributed by atoms with E-state index < -0.39 is 17.8 Å². The second-order valence-corrected chi connectivity index (χ2v) is 4.41. The summed E-state index contributed by atoms with van der Waals surface area (Å²) in [5.41, 5.74) is 4.39. The number of alkyl halides is 3. The molecule has 1 aromatic heterocycles. The molecule has 2 rings (SSSR count). The molecule has 9 heteroatoms. The molecule has 0 radical (unpaired) electrons. The van der Waals surface area contributed by atoms with Gasteiger partial charge in [0.15, 0.2) is 5.69 Å². The SMILES string of the molecule is Cl.N[C@@H]1CC[C@@H](NC(=O)c2cc(C(F)(F)F)[nH]n2)C1. The lowest BCUT2D eigenvalue weighted by molar-refractivity contribution is -0.141. The summed E-state index contributed by atoms with van der Waals surface area (Å²) in [5.74, 6) is -0.610. The Morgan fingerprint density at radius 2 is 2.16 bits per heavy atom. The summed E-state index contributed by atoms with van der Waals surface area (Å²) in [7, 11) is 0. The number of hydrogen-bond acceptors (Lipinski definition) is 3. The summed E-state index contributed by atoms with van der Waals surface area (Å²) >= 11 is 0. The van der Waals surface area contributed by atoms with E-state index in [2.05, 4.69) is 10.4 Å². The van der Waals surface area contributed by atoms with E-state index in [4.69, 9.17) is 5.73 Å². The normalized spacial score (nSPS) is 22.9. The molecular weight excluding hydrogens is 285 g/mol. The molecule has 19 heavy (non-hydrogen) atoms. The van der Waals surface area contributed by atoms with Crippen molar-refractivity contribution < 1.29 is 18.0 Å². The fourth-order valence-electron chi connectivity index (χ4n) is 1.99. The number of aromatic nitrogens is 2. The summed E-state index contributed by atoms with van der Waals surface area (Å²) < 4.78 is 36.9. The average Bonchev–Trinajstić information content (AvgIpc) is 2.85. The zero-order chi connectivity index (χ0) is 13.3. The summed E-state index contributed by atoms with van der Waals surface area (Å²) in [4.78, 5) is 11.6. The topological polar surface area (TPSA) is 83.8 Å². The van der Waals surface area contributed by atoms with Gasteiger partial charge in [0.1, 0.15) is 5.69 Å². The highest BCUT2D eigenvalue weighted by atomic mass is 35.5. The Bertz CT molecular complexity index is 448. The van der Waals surface area contributed by atoms with Gasteiger partial charge < -0.3 is 11.1 Å².